The average molecular weight is 216 g/mol. The lowest BCUT2D eigenvalue weighted by Crippen LogP contribution is -2.02. The molecule has 0 aliphatic carbocycles. The molecule has 2 N–H and O–H groups in total. The lowest BCUT2D eigenvalue weighted by Gasteiger charge is -2.04. The SMILES string of the molecule is CCc1nn(-c2cccnc2)c(CC)c1N. The maximum Gasteiger partial charge on any atom is 0.0858 e. The van der Waals surface area contributed by atoms with Crippen LogP contribution in [0.1, 0.15) is 25.2 Å². The van der Waals surface area contributed by atoms with Crippen LogP contribution in [0.4, 0.5) is 5.69 Å². The fourth-order valence-electron chi connectivity index (χ4n) is 1.81. The minimum atomic E-state index is 0.814. The molecular weight excluding hydrogens is 200 g/mol. The minimum Gasteiger partial charge on any atom is -0.396 e. The van der Waals surface area contributed by atoms with E-state index in [9.17, 15) is 0 Å². The number of nitrogens with zero attached hydrogens (tertiary/aromatic N) is 3. The maximum atomic E-state index is 6.06. The van der Waals surface area contributed by atoms with Crippen LogP contribution in [-0.4, -0.2) is 14.8 Å². The summed E-state index contributed by atoms with van der Waals surface area (Å²) in [4.78, 5) is 4.10. The molecule has 16 heavy (non-hydrogen) atoms. The molecule has 4 nitrogen and oxygen atoms in total. The molecule has 0 bridgehead atoms. The Morgan fingerprint density at radius 2 is 2.12 bits per heavy atom. The molecule has 0 radical (unpaired) electrons. The summed E-state index contributed by atoms with van der Waals surface area (Å²) in [6.07, 6.45) is 5.27. The molecule has 0 amide bonds. The molecule has 0 saturated heterocycles. The lowest BCUT2D eigenvalue weighted by atomic mass is 10.2. The first-order chi connectivity index (χ1) is 7.77. The largest absolute Gasteiger partial charge is 0.396 e. The summed E-state index contributed by atoms with van der Waals surface area (Å²) in [5.74, 6) is 0. The van der Waals surface area contributed by atoms with Crippen molar-refractivity contribution >= 4 is 5.69 Å². The van der Waals surface area contributed by atoms with E-state index < -0.39 is 0 Å². The van der Waals surface area contributed by atoms with Crippen LogP contribution in [0.3, 0.4) is 0 Å². The molecule has 2 heterocycles. The fraction of sp³-hybridized carbons (Fsp3) is 0.333. The number of aryl methyl sites for hydroxylation is 1. The molecule has 0 atom stereocenters. The predicted molar refractivity (Wildman–Crippen MR) is 64.5 cm³/mol. The third kappa shape index (κ3) is 1.66. The molecule has 0 saturated carbocycles. The number of anilines is 1. The highest BCUT2D eigenvalue weighted by Crippen LogP contribution is 2.21. The van der Waals surface area contributed by atoms with Gasteiger partial charge in [0.05, 0.1) is 29.0 Å². The average Bonchev–Trinajstić information content (AvgIpc) is 2.66. The third-order valence-electron chi connectivity index (χ3n) is 2.66. The van der Waals surface area contributed by atoms with Gasteiger partial charge < -0.3 is 5.73 Å². The zero-order chi connectivity index (χ0) is 11.5. The van der Waals surface area contributed by atoms with Gasteiger partial charge in [0.2, 0.25) is 0 Å². The Bertz CT molecular complexity index is 473. The Hall–Kier alpha value is -1.84. The van der Waals surface area contributed by atoms with Crippen LogP contribution >= 0.6 is 0 Å². The summed E-state index contributed by atoms with van der Waals surface area (Å²) < 4.78 is 1.89. The van der Waals surface area contributed by atoms with Crippen molar-refractivity contribution in [1.29, 1.82) is 0 Å². The van der Waals surface area contributed by atoms with Crippen molar-refractivity contribution in [1.82, 2.24) is 14.8 Å². The Kier molecular flexibility index (Phi) is 2.90. The first kappa shape index (κ1) is 10.7. The van der Waals surface area contributed by atoms with Crippen LogP contribution in [0, 0.1) is 0 Å². The van der Waals surface area contributed by atoms with E-state index in [0.29, 0.717) is 0 Å². The summed E-state index contributed by atoms with van der Waals surface area (Å²) in [5.41, 5.74) is 9.86. The zero-order valence-electron chi connectivity index (χ0n) is 9.64. The zero-order valence-corrected chi connectivity index (χ0v) is 9.64. The van der Waals surface area contributed by atoms with Gasteiger partial charge >= 0.3 is 0 Å². The van der Waals surface area contributed by atoms with Gasteiger partial charge in [-0.2, -0.15) is 5.10 Å². The standard InChI is InChI=1S/C12H16N4/c1-3-10-12(13)11(4-2)16(15-10)9-6-5-7-14-8-9/h5-8H,3-4,13H2,1-2H3. The highest BCUT2D eigenvalue weighted by molar-refractivity contribution is 5.51. The van der Waals surface area contributed by atoms with Gasteiger partial charge in [-0.1, -0.05) is 13.8 Å². The first-order valence-corrected chi connectivity index (χ1v) is 5.54. The Morgan fingerprint density at radius 1 is 1.31 bits per heavy atom. The van der Waals surface area contributed by atoms with E-state index in [2.05, 4.69) is 23.9 Å². The quantitative estimate of drug-likeness (QED) is 0.853. The van der Waals surface area contributed by atoms with Crippen molar-refractivity contribution in [2.75, 3.05) is 5.73 Å². The molecule has 0 spiro atoms. The van der Waals surface area contributed by atoms with Gasteiger partial charge in [0, 0.05) is 6.20 Å². The van der Waals surface area contributed by atoms with E-state index in [1.54, 1.807) is 12.4 Å². The lowest BCUT2D eigenvalue weighted by molar-refractivity contribution is 0.790. The van der Waals surface area contributed by atoms with E-state index in [0.717, 1.165) is 35.6 Å². The second-order valence-electron chi connectivity index (χ2n) is 3.64. The number of hydrogen-bond acceptors (Lipinski definition) is 3. The molecule has 2 rings (SSSR count). The van der Waals surface area contributed by atoms with Crippen LogP contribution < -0.4 is 5.73 Å². The molecule has 84 valence electrons. The Labute approximate surface area is 95.1 Å². The second kappa shape index (κ2) is 4.35. The van der Waals surface area contributed by atoms with E-state index in [1.165, 1.54) is 0 Å². The van der Waals surface area contributed by atoms with Gasteiger partial charge in [-0.05, 0) is 25.0 Å². The van der Waals surface area contributed by atoms with Gasteiger partial charge in [-0.25, -0.2) is 4.68 Å². The smallest absolute Gasteiger partial charge is 0.0858 e. The molecule has 0 aromatic carbocycles. The van der Waals surface area contributed by atoms with E-state index in [1.807, 2.05) is 16.8 Å². The van der Waals surface area contributed by atoms with Gasteiger partial charge in [-0.3, -0.25) is 4.98 Å². The Balaban J connectivity index is 2.57. The van der Waals surface area contributed by atoms with Gasteiger partial charge in [0.25, 0.3) is 0 Å². The van der Waals surface area contributed by atoms with E-state index in [4.69, 9.17) is 5.73 Å². The van der Waals surface area contributed by atoms with Crippen molar-refractivity contribution in [2.45, 2.75) is 26.7 Å². The number of pyridine rings is 1. The van der Waals surface area contributed by atoms with Crippen LogP contribution in [0.15, 0.2) is 24.5 Å². The molecule has 4 heteroatoms. The number of nitrogens with two attached hydrogens (primary N) is 1. The number of hydrogen-bond donors (Lipinski definition) is 1. The molecule has 0 aliphatic heterocycles. The molecule has 2 aromatic rings. The predicted octanol–water partition coefficient (Wildman–Crippen LogP) is 1.97. The molecule has 0 unspecified atom stereocenters. The normalized spacial score (nSPS) is 10.6. The first-order valence-electron chi connectivity index (χ1n) is 5.54. The van der Waals surface area contributed by atoms with E-state index >= 15 is 0 Å². The highest BCUT2D eigenvalue weighted by Gasteiger charge is 2.13. The van der Waals surface area contributed by atoms with Crippen molar-refractivity contribution in [2.24, 2.45) is 0 Å². The second-order valence-corrected chi connectivity index (χ2v) is 3.64. The number of rotatable bonds is 3. The van der Waals surface area contributed by atoms with Crippen molar-refractivity contribution < 1.29 is 0 Å². The van der Waals surface area contributed by atoms with Crippen LogP contribution in [0.5, 0.6) is 0 Å². The fourth-order valence-corrected chi connectivity index (χ4v) is 1.81. The van der Waals surface area contributed by atoms with Crippen molar-refractivity contribution in [3.05, 3.63) is 35.9 Å². The Morgan fingerprint density at radius 3 is 2.69 bits per heavy atom. The molecule has 0 aliphatic rings. The summed E-state index contributed by atoms with van der Waals surface area (Å²) in [6.45, 7) is 4.14. The van der Waals surface area contributed by atoms with E-state index in [-0.39, 0.29) is 0 Å². The van der Waals surface area contributed by atoms with Crippen molar-refractivity contribution in [3.63, 3.8) is 0 Å². The third-order valence-corrected chi connectivity index (χ3v) is 2.66. The van der Waals surface area contributed by atoms with Crippen LogP contribution in [0.25, 0.3) is 5.69 Å². The summed E-state index contributed by atoms with van der Waals surface area (Å²) in [7, 11) is 0. The summed E-state index contributed by atoms with van der Waals surface area (Å²) in [5, 5.41) is 4.52. The number of nitrogen functional groups attached to an aromatic ring is 1. The maximum absolute atomic E-state index is 6.06. The molecular formula is C12H16N4. The minimum absolute atomic E-state index is 0.814. The van der Waals surface area contributed by atoms with Gasteiger partial charge in [0.15, 0.2) is 0 Å². The highest BCUT2D eigenvalue weighted by atomic mass is 15.3. The molecule has 2 aromatic heterocycles. The summed E-state index contributed by atoms with van der Waals surface area (Å²) >= 11 is 0. The van der Waals surface area contributed by atoms with Crippen LogP contribution in [-0.2, 0) is 12.8 Å². The van der Waals surface area contributed by atoms with Crippen LogP contribution in [0.2, 0.25) is 0 Å². The topological polar surface area (TPSA) is 56.7 Å². The number of aromatic nitrogens is 3. The summed E-state index contributed by atoms with van der Waals surface area (Å²) in [6, 6.07) is 3.89. The van der Waals surface area contributed by atoms with Gasteiger partial charge in [-0.15, -0.1) is 0 Å². The molecule has 0 fully saturated rings. The van der Waals surface area contributed by atoms with Crippen molar-refractivity contribution in [3.8, 4) is 5.69 Å². The van der Waals surface area contributed by atoms with Gasteiger partial charge in [0.1, 0.15) is 0 Å². The monoisotopic (exact) mass is 216 g/mol.